The SMILES string of the molecule is CCC(C)c1ccccc1-c1cc2c(cc1C)Sc1cccc3cccc-2c13. The van der Waals surface area contributed by atoms with Gasteiger partial charge in [0, 0.05) is 15.2 Å². The quantitative estimate of drug-likeness (QED) is 0.302. The Morgan fingerprint density at radius 3 is 2.32 bits per heavy atom. The van der Waals surface area contributed by atoms with Gasteiger partial charge >= 0.3 is 0 Å². The van der Waals surface area contributed by atoms with E-state index < -0.39 is 0 Å². The summed E-state index contributed by atoms with van der Waals surface area (Å²) in [6.45, 7) is 6.86. The van der Waals surface area contributed by atoms with Crippen LogP contribution in [-0.4, -0.2) is 0 Å². The van der Waals surface area contributed by atoms with Crippen molar-refractivity contribution < 1.29 is 0 Å². The van der Waals surface area contributed by atoms with E-state index >= 15 is 0 Å². The van der Waals surface area contributed by atoms with E-state index in [0.29, 0.717) is 5.92 Å². The second-order valence-electron chi connectivity index (χ2n) is 7.82. The summed E-state index contributed by atoms with van der Waals surface area (Å²) in [7, 11) is 0. The first kappa shape index (κ1) is 17.6. The molecule has 0 aliphatic carbocycles. The lowest BCUT2D eigenvalue weighted by atomic mass is 9.86. The van der Waals surface area contributed by atoms with Gasteiger partial charge < -0.3 is 0 Å². The summed E-state index contributed by atoms with van der Waals surface area (Å²) in [5, 5.41) is 2.72. The standard InChI is InChI=1S/C27H24S/c1-4-17(2)20-11-5-6-12-21(20)23-16-24-22-13-7-9-19-10-8-14-25(27(19)22)28-26(24)15-18(23)3/h5-17H,4H2,1-3H3. The minimum absolute atomic E-state index is 0.560. The molecule has 0 fully saturated rings. The third-order valence-electron chi connectivity index (χ3n) is 6.10. The van der Waals surface area contributed by atoms with Gasteiger partial charge in [-0.05, 0) is 76.2 Å². The fraction of sp³-hybridized carbons (Fsp3) is 0.185. The van der Waals surface area contributed by atoms with Crippen LogP contribution in [0.25, 0.3) is 33.0 Å². The summed E-state index contributed by atoms with van der Waals surface area (Å²) in [5.41, 5.74) is 8.29. The Morgan fingerprint density at radius 1 is 0.750 bits per heavy atom. The Bertz CT molecular complexity index is 1200. The highest BCUT2D eigenvalue weighted by atomic mass is 32.2. The van der Waals surface area contributed by atoms with Gasteiger partial charge in [0.15, 0.2) is 0 Å². The van der Waals surface area contributed by atoms with E-state index in [-0.39, 0.29) is 0 Å². The monoisotopic (exact) mass is 380 g/mol. The number of hydrogen-bond acceptors (Lipinski definition) is 1. The largest absolute Gasteiger partial charge is 0.0888 e. The zero-order valence-electron chi connectivity index (χ0n) is 16.6. The molecule has 0 spiro atoms. The van der Waals surface area contributed by atoms with Gasteiger partial charge in [-0.2, -0.15) is 0 Å². The lowest BCUT2D eigenvalue weighted by Gasteiger charge is -2.23. The molecule has 0 bridgehead atoms. The normalized spacial score (nSPS) is 13.4. The van der Waals surface area contributed by atoms with Crippen LogP contribution in [0, 0.1) is 6.92 Å². The van der Waals surface area contributed by atoms with Crippen molar-refractivity contribution in [1.29, 1.82) is 0 Å². The minimum atomic E-state index is 0.560. The second kappa shape index (κ2) is 6.83. The van der Waals surface area contributed by atoms with E-state index in [4.69, 9.17) is 0 Å². The first-order chi connectivity index (χ1) is 13.7. The van der Waals surface area contributed by atoms with Crippen LogP contribution in [0.4, 0.5) is 0 Å². The predicted molar refractivity (Wildman–Crippen MR) is 122 cm³/mol. The molecule has 1 aliphatic rings. The molecule has 138 valence electrons. The molecule has 5 rings (SSSR count). The molecule has 1 heterocycles. The Hall–Kier alpha value is -2.51. The molecule has 0 radical (unpaired) electrons. The van der Waals surface area contributed by atoms with Crippen LogP contribution in [0.1, 0.15) is 37.3 Å². The molecule has 28 heavy (non-hydrogen) atoms. The number of benzene rings is 4. The molecule has 4 aromatic carbocycles. The summed E-state index contributed by atoms with van der Waals surface area (Å²) in [6.07, 6.45) is 1.16. The van der Waals surface area contributed by atoms with E-state index in [2.05, 4.69) is 93.6 Å². The smallest absolute Gasteiger partial charge is 0.0207 e. The van der Waals surface area contributed by atoms with Crippen LogP contribution in [0.3, 0.4) is 0 Å². The highest BCUT2D eigenvalue weighted by Crippen LogP contribution is 2.49. The van der Waals surface area contributed by atoms with Crippen LogP contribution in [0.15, 0.2) is 82.6 Å². The van der Waals surface area contributed by atoms with Crippen molar-refractivity contribution in [2.45, 2.75) is 42.9 Å². The Balaban J connectivity index is 1.77. The van der Waals surface area contributed by atoms with Gasteiger partial charge in [-0.1, -0.05) is 80.2 Å². The second-order valence-corrected chi connectivity index (χ2v) is 8.91. The van der Waals surface area contributed by atoms with Crippen molar-refractivity contribution in [2.24, 2.45) is 0 Å². The molecule has 0 N–H and O–H groups in total. The average Bonchev–Trinajstić information content (AvgIpc) is 2.73. The summed E-state index contributed by atoms with van der Waals surface area (Å²) >= 11 is 1.91. The molecular weight excluding hydrogens is 356 g/mol. The molecule has 0 saturated heterocycles. The van der Waals surface area contributed by atoms with Gasteiger partial charge in [-0.25, -0.2) is 0 Å². The molecule has 1 heteroatoms. The fourth-order valence-electron chi connectivity index (χ4n) is 4.39. The van der Waals surface area contributed by atoms with Gasteiger partial charge in [0.2, 0.25) is 0 Å². The molecule has 1 atom stereocenters. The van der Waals surface area contributed by atoms with Crippen LogP contribution >= 0.6 is 11.8 Å². The molecule has 0 aromatic heterocycles. The van der Waals surface area contributed by atoms with Crippen LogP contribution < -0.4 is 0 Å². The first-order valence-corrected chi connectivity index (χ1v) is 10.9. The van der Waals surface area contributed by atoms with Gasteiger partial charge in [-0.15, -0.1) is 0 Å². The lowest BCUT2D eigenvalue weighted by molar-refractivity contribution is 0.735. The van der Waals surface area contributed by atoms with E-state index in [0.717, 1.165) is 6.42 Å². The zero-order valence-corrected chi connectivity index (χ0v) is 17.4. The lowest BCUT2D eigenvalue weighted by Crippen LogP contribution is -1.99. The molecule has 4 aromatic rings. The van der Waals surface area contributed by atoms with Crippen molar-refractivity contribution in [3.05, 3.63) is 83.9 Å². The first-order valence-electron chi connectivity index (χ1n) is 10.1. The van der Waals surface area contributed by atoms with E-state index in [1.54, 1.807) is 0 Å². The number of fused-ring (bicyclic) bond motifs is 2. The summed E-state index contributed by atoms with van der Waals surface area (Å²) in [4.78, 5) is 2.74. The number of hydrogen-bond donors (Lipinski definition) is 0. The number of rotatable bonds is 3. The topological polar surface area (TPSA) is 0 Å². The van der Waals surface area contributed by atoms with Crippen molar-refractivity contribution in [1.82, 2.24) is 0 Å². The summed E-state index contributed by atoms with van der Waals surface area (Å²) in [6, 6.07) is 27.1. The third-order valence-corrected chi connectivity index (χ3v) is 7.22. The van der Waals surface area contributed by atoms with Crippen LogP contribution in [0.5, 0.6) is 0 Å². The van der Waals surface area contributed by atoms with Gasteiger partial charge in [0.25, 0.3) is 0 Å². The average molecular weight is 381 g/mol. The van der Waals surface area contributed by atoms with E-state index in [9.17, 15) is 0 Å². The van der Waals surface area contributed by atoms with E-state index in [1.165, 1.54) is 53.9 Å². The Kier molecular flexibility index (Phi) is 4.29. The van der Waals surface area contributed by atoms with Gasteiger partial charge in [0.1, 0.15) is 0 Å². The fourth-order valence-corrected chi connectivity index (χ4v) is 5.62. The molecule has 1 unspecified atom stereocenters. The minimum Gasteiger partial charge on any atom is -0.0888 e. The highest BCUT2D eigenvalue weighted by molar-refractivity contribution is 7.99. The summed E-state index contributed by atoms with van der Waals surface area (Å²) < 4.78 is 0. The van der Waals surface area contributed by atoms with Crippen molar-refractivity contribution >= 4 is 22.5 Å². The van der Waals surface area contributed by atoms with Crippen LogP contribution in [0.2, 0.25) is 0 Å². The summed E-state index contributed by atoms with van der Waals surface area (Å²) in [5.74, 6) is 0.560. The maximum atomic E-state index is 2.43. The number of aryl methyl sites for hydroxylation is 1. The van der Waals surface area contributed by atoms with Gasteiger partial charge in [-0.3, -0.25) is 0 Å². The molecule has 0 nitrogen and oxygen atoms in total. The maximum Gasteiger partial charge on any atom is 0.0207 e. The molecule has 1 aliphatic heterocycles. The molecule has 0 saturated carbocycles. The van der Waals surface area contributed by atoms with Gasteiger partial charge in [0.05, 0.1) is 0 Å². The van der Waals surface area contributed by atoms with Crippen molar-refractivity contribution in [3.8, 4) is 22.3 Å². The van der Waals surface area contributed by atoms with Crippen LogP contribution in [-0.2, 0) is 0 Å². The Labute approximate surface area is 171 Å². The zero-order chi connectivity index (χ0) is 19.3. The van der Waals surface area contributed by atoms with Crippen molar-refractivity contribution in [3.63, 3.8) is 0 Å². The predicted octanol–water partition coefficient (Wildman–Crippen LogP) is 8.46. The third kappa shape index (κ3) is 2.69. The molecule has 0 amide bonds. The Morgan fingerprint density at radius 2 is 1.50 bits per heavy atom. The maximum absolute atomic E-state index is 2.43. The highest BCUT2D eigenvalue weighted by Gasteiger charge is 2.21. The molecular formula is C27H24S. The van der Waals surface area contributed by atoms with E-state index in [1.807, 2.05) is 11.8 Å². The van der Waals surface area contributed by atoms with Crippen molar-refractivity contribution in [2.75, 3.05) is 0 Å².